The number of hydrogen-bond acceptors (Lipinski definition) is 6. The Morgan fingerprint density at radius 3 is 2.70 bits per heavy atom. The summed E-state index contributed by atoms with van der Waals surface area (Å²) < 4.78 is 5.40. The first-order valence-electron chi connectivity index (χ1n) is 6.77. The van der Waals surface area contributed by atoms with Crippen LogP contribution in [0.15, 0.2) is 18.5 Å². The Hall–Kier alpha value is -2.24. The van der Waals surface area contributed by atoms with Crippen LogP contribution in [0.4, 0.5) is 5.95 Å². The van der Waals surface area contributed by atoms with Gasteiger partial charge in [-0.25, -0.2) is 0 Å². The molecule has 0 atom stereocenters. The summed E-state index contributed by atoms with van der Waals surface area (Å²) in [6.07, 6.45) is 4.53. The minimum Gasteiger partial charge on any atom is -0.464 e. The van der Waals surface area contributed by atoms with Crippen molar-refractivity contribution in [2.45, 2.75) is 27.2 Å². The van der Waals surface area contributed by atoms with Gasteiger partial charge >= 0.3 is 6.01 Å². The molecule has 0 aromatic carbocycles. The topological polar surface area (TPSA) is 72.8 Å². The van der Waals surface area contributed by atoms with E-state index in [-0.39, 0.29) is 0 Å². The Morgan fingerprint density at radius 1 is 1.15 bits per heavy atom. The molecule has 6 heteroatoms. The van der Waals surface area contributed by atoms with E-state index in [1.807, 2.05) is 19.9 Å². The molecule has 0 aliphatic carbocycles. The highest BCUT2D eigenvalue weighted by Gasteiger charge is 2.09. The van der Waals surface area contributed by atoms with Crippen LogP contribution in [0.3, 0.4) is 0 Å². The Labute approximate surface area is 118 Å². The summed E-state index contributed by atoms with van der Waals surface area (Å²) >= 11 is 0. The molecule has 106 valence electrons. The lowest BCUT2D eigenvalue weighted by atomic mass is 10.2. The highest BCUT2D eigenvalue weighted by atomic mass is 16.5. The van der Waals surface area contributed by atoms with E-state index in [4.69, 9.17) is 4.74 Å². The maximum absolute atomic E-state index is 5.40. The standard InChI is InChI=1S/C14H19N5O/c1-4-6-16-13-17-12(18-14(19-13)20-5-2)11-7-10(3)8-15-9-11/h7-9H,4-6H2,1-3H3,(H,16,17,18,19). The summed E-state index contributed by atoms with van der Waals surface area (Å²) in [5, 5.41) is 3.16. The largest absolute Gasteiger partial charge is 0.464 e. The number of anilines is 1. The molecule has 2 rings (SSSR count). The third kappa shape index (κ3) is 3.63. The summed E-state index contributed by atoms with van der Waals surface area (Å²) in [4.78, 5) is 17.1. The molecule has 0 aliphatic rings. The van der Waals surface area contributed by atoms with Crippen molar-refractivity contribution in [2.75, 3.05) is 18.5 Å². The molecule has 0 radical (unpaired) electrons. The van der Waals surface area contributed by atoms with Crippen molar-refractivity contribution in [1.29, 1.82) is 0 Å². The summed E-state index contributed by atoms with van der Waals surface area (Å²) in [6, 6.07) is 2.32. The molecule has 0 saturated carbocycles. The Balaban J connectivity index is 2.37. The zero-order valence-electron chi connectivity index (χ0n) is 12.1. The fraction of sp³-hybridized carbons (Fsp3) is 0.429. The van der Waals surface area contributed by atoms with Gasteiger partial charge in [0.2, 0.25) is 5.95 Å². The molecule has 0 amide bonds. The molecule has 20 heavy (non-hydrogen) atoms. The van der Waals surface area contributed by atoms with Crippen LogP contribution in [0.1, 0.15) is 25.8 Å². The van der Waals surface area contributed by atoms with E-state index < -0.39 is 0 Å². The van der Waals surface area contributed by atoms with Crippen molar-refractivity contribution in [3.05, 3.63) is 24.0 Å². The number of hydrogen-bond donors (Lipinski definition) is 1. The molecule has 1 N–H and O–H groups in total. The number of nitrogens with one attached hydrogen (secondary N) is 1. The molecule has 0 bridgehead atoms. The van der Waals surface area contributed by atoms with Crippen molar-refractivity contribution in [2.24, 2.45) is 0 Å². The van der Waals surface area contributed by atoms with E-state index in [2.05, 4.69) is 32.2 Å². The van der Waals surface area contributed by atoms with Crippen LogP contribution in [0.2, 0.25) is 0 Å². The zero-order chi connectivity index (χ0) is 14.4. The second-order valence-electron chi connectivity index (χ2n) is 4.38. The molecule has 6 nitrogen and oxygen atoms in total. The first kappa shape index (κ1) is 14.2. The van der Waals surface area contributed by atoms with E-state index >= 15 is 0 Å². The van der Waals surface area contributed by atoms with Gasteiger partial charge in [-0.3, -0.25) is 4.98 Å². The SMILES string of the molecule is CCCNc1nc(OCC)nc(-c2cncc(C)c2)n1. The van der Waals surface area contributed by atoms with Crippen LogP contribution < -0.4 is 10.1 Å². The Bertz CT molecular complexity index is 573. The first-order chi connectivity index (χ1) is 9.72. The molecule has 0 unspecified atom stereocenters. The predicted octanol–water partition coefficient (Wildman–Crippen LogP) is 2.46. The normalized spacial score (nSPS) is 10.3. The number of pyridine rings is 1. The first-order valence-corrected chi connectivity index (χ1v) is 6.77. The molecule has 0 spiro atoms. The second-order valence-corrected chi connectivity index (χ2v) is 4.38. The van der Waals surface area contributed by atoms with Gasteiger partial charge < -0.3 is 10.1 Å². The van der Waals surface area contributed by atoms with Crippen LogP contribution in [0.25, 0.3) is 11.4 Å². The van der Waals surface area contributed by atoms with Crippen LogP contribution in [0.5, 0.6) is 6.01 Å². The molecule has 0 aliphatic heterocycles. The van der Waals surface area contributed by atoms with Crippen molar-refractivity contribution in [3.63, 3.8) is 0 Å². The molecule has 0 saturated heterocycles. The maximum Gasteiger partial charge on any atom is 0.321 e. The van der Waals surface area contributed by atoms with Crippen molar-refractivity contribution >= 4 is 5.95 Å². The lowest BCUT2D eigenvalue weighted by molar-refractivity contribution is 0.312. The predicted molar refractivity (Wildman–Crippen MR) is 77.7 cm³/mol. The fourth-order valence-corrected chi connectivity index (χ4v) is 1.67. The molecular formula is C14H19N5O. The van der Waals surface area contributed by atoms with Gasteiger partial charge in [0, 0.05) is 24.5 Å². The monoisotopic (exact) mass is 273 g/mol. The Morgan fingerprint density at radius 2 is 2.00 bits per heavy atom. The van der Waals surface area contributed by atoms with Crippen LogP contribution in [0, 0.1) is 6.92 Å². The van der Waals surface area contributed by atoms with Crippen molar-refractivity contribution < 1.29 is 4.74 Å². The van der Waals surface area contributed by atoms with Crippen LogP contribution >= 0.6 is 0 Å². The van der Waals surface area contributed by atoms with Gasteiger partial charge in [0.15, 0.2) is 5.82 Å². The lowest BCUT2D eigenvalue weighted by Gasteiger charge is -2.08. The number of ether oxygens (including phenoxy) is 1. The highest BCUT2D eigenvalue weighted by molar-refractivity contribution is 5.56. The number of aryl methyl sites for hydroxylation is 1. The summed E-state index contributed by atoms with van der Waals surface area (Å²) in [6.45, 7) is 7.29. The summed E-state index contributed by atoms with van der Waals surface area (Å²) in [7, 11) is 0. The zero-order valence-corrected chi connectivity index (χ0v) is 12.1. The summed E-state index contributed by atoms with van der Waals surface area (Å²) in [5.41, 5.74) is 1.91. The molecular weight excluding hydrogens is 254 g/mol. The van der Waals surface area contributed by atoms with Crippen LogP contribution in [-0.4, -0.2) is 33.1 Å². The number of rotatable bonds is 6. The fourth-order valence-electron chi connectivity index (χ4n) is 1.67. The minimum atomic E-state index is 0.331. The van der Waals surface area contributed by atoms with E-state index in [0.717, 1.165) is 24.1 Å². The second kappa shape index (κ2) is 6.79. The highest BCUT2D eigenvalue weighted by Crippen LogP contribution is 2.18. The van der Waals surface area contributed by atoms with Gasteiger partial charge in [0.25, 0.3) is 0 Å². The minimum absolute atomic E-state index is 0.331. The van der Waals surface area contributed by atoms with Crippen LogP contribution in [-0.2, 0) is 0 Å². The van der Waals surface area contributed by atoms with Gasteiger partial charge in [0.05, 0.1) is 6.61 Å². The smallest absolute Gasteiger partial charge is 0.321 e. The van der Waals surface area contributed by atoms with Crippen molar-refractivity contribution in [3.8, 4) is 17.4 Å². The number of nitrogens with zero attached hydrogens (tertiary/aromatic N) is 4. The third-order valence-corrected chi connectivity index (χ3v) is 2.55. The van der Waals surface area contributed by atoms with Crippen molar-refractivity contribution in [1.82, 2.24) is 19.9 Å². The van der Waals surface area contributed by atoms with Gasteiger partial charge in [-0.2, -0.15) is 15.0 Å². The van der Waals surface area contributed by atoms with E-state index in [1.54, 1.807) is 12.4 Å². The van der Waals surface area contributed by atoms with E-state index in [9.17, 15) is 0 Å². The molecule has 2 heterocycles. The van der Waals surface area contributed by atoms with Gasteiger partial charge in [0.1, 0.15) is 0 Å². The van der Waals surface area contributed by atoms with Gasteiger partial charge in [-0.05, 0) is 31.9 Å². The van der Waals surface area contributed by atoms with E-state index in [1.165, 1.54) is 0 Å². The maximum atomic E-state index is 5.40. The molecule has 2 aromatic heterocycles. The Kier molecular flexibility index (Phi) is 4.81. The average Bonchev–Trinajstić information content (AvgIpc) is 2.45. The molecule has 0 fully saturated rings. The van der Waals surface area contributed by atoms with E-state index in [0.29, 0.717) is 24.4 Å². The third-order valence-electron chi connectivity index (χ3n) is 2.55. The molecule has 2 aromatic rings. The lowest BCUT2D eigenvalue weighted by Crippen LogP contribution is -2.08. The van der Waals surface area contributed by atoms with Gasteiger partial charge in [-0.15, -0.1) is 0 Å². The van der Waals surface area contributed by atoms with Gasteiger partial charge in [-0.1, -0.05) is 6.92 Å². The average molecular weight is 273 g/mol. The summed E-state index contributed by atoms with van der Waals surface area (Å²) in [5.74, 6) is 1.10. The quantitative estimate of drug-likeness (QED) is 0.871. The number of aromatic nitrogens is 4.